The molecule has 0 aliphatic rings. The fourth-order valence-electron chi connectivity index (χ4n) is 1.22. The maximum Gasteiger partial charge on any atom is 0.204 e. The standard InChI is InChI=1S/C11H5Cl2IOS/c12-7-3-4-16-11(7)10(15)6-1-2-9(14)8(13)5-6/h1-5H. The summed E-state index contributed by atoms with van der Waals surface area (Å²) in [7, 11) is 0. The normalized spacial score (nSPS) is 10.4. The van der Waals surface area contributed by atoms with Crippen molar-refractivity contribution in [1.82, 2.24) is 0 Å². The van der Waals surface area contributed by atoms with Crippen molar-refractivity contribution in [2.45, 2.75) is 0 Å². The summed E-state index contributed by atoms with van der Waals surface area (Å²) >= 11 is 15.3. The smallest absolute Gasteiger partial charge is 0.204 e. The first kappa shape index (κ1) is 12.4. The van der Waals surface area contributed by atoms with Crippen molar-refractivity contribution in [3.05, 3.63) is 53.7 Å². The second kappa shape index (κ2) is 5.04. The molecular weight excluding hydrogens is 378 g/mol. The van der Waals surface area contributed by atoms with Gasteiger partial charge in [-0.2, -0.15) is 0 Å². The van der Waals surface area contributed by atoms with Crippen LogP contribution in [-0.4, -0.2) is 5.78 Å². The summed E-state index contributed by atoms with van der Waals surface area (Å²) in [4.78, 5) is 12.6. The molecule has 1 nitrogen and oxygen atoms in total. The van der Waals surface area contributed by atoms with E-state index in [1.807, 2.05) is 6.07 Å². The minimum absolute atomic E-state index is 0.0849. The van der Waals surface area contributed by atoms with E-state index in [2.05, 4.69) is 22.6 Å². The van der Waals surface area contributed by atoms with Gasteiger partial charge < -0.3 is 0 Å². The first-order chi connectivity index (χ1) is 7.59. The number of benzene rings is 1. The van der Waals surface area contributed by atoms with E-state index in [1.54, 1.807) is 23.6 Å². The molecule has 0 amide bonds. The van der Waals surface area contributed by atoms with E-state index < -0.39 is 0 Å². The molecule has 1 aromatic carbocycles. The van der Waals surface area contributed by atoms with Crippen LogP contribution in [0, 0.1) is 3.57 Å². The Morgan fingerprint density at radius 3 is 2.50 bits per heavy atom. The first-order valence-corrected chi connectivity index (χ1v) is 7.04. The van der Waals surface area contributed by atoms with E-state index in [9.17, 15) is 4.79 Å². The average molecular weight is 383 g/mol. The van der Waals surface area contributed by atoms with Gasteiger partial charge >= 0.3 is 0 Å². The third-order valence-electron chi connectivity index (χ3n) is 2.01. The zero-order valence-electron chi connectivity index (χ0n) is 7.84. The Balaban J connectivity index is 2.42. The van der Waals surface area contributed by atoms with Crippen molar-refractivity contribution >= 4 is 62.9 Å². The van der Waals surface area contributed by atoms with Gasteiger partial charge in [-0.05, 0) is 52.2 Å². The third-order valence-corrected chi connectivity index (χ3v) is 4.92. The van der Waals surface area contributed by atoms with Crippen molar-refractivity contribution < 1.29 is 4.79 Å². The highest BCUT2D eigenvalue weighted by Gasteiger charge is 2.15. The zero-order chi connectivity index (χ0) is 11.7. The molecule has 1 aromatic heterocycles. The average Bonchev–Trinajstić information content (AvgIpc) is 2.67. The molecule has 0 saturated carbocycles. The molecular formula is C11H5Cl2IOS. The molecule has 0 fully saturated rings. The van der Waals surface area contributed by atoms with Gasteiger partial charge in [0.25, 0.3) is 0 Å². The Morgan fingerprint density at radius 1 is 1.19 bits per heavy atom. The number of halogens is 3. The second-order valence-electron chi connectivity index (χ2n) is 3.06. The van der Waals surface area contributed by atoms with Crippen LogP contribution in [-0.2, 0) is 0 Å². The summed E-state index contributed by atoms with van der Waals surface area (Å²) in [5, 5.41) is 2.87. The summed E-state index contributed by atoms with van der Waals surface area (Å²) in [5.74, 6) is -0.0849. The van der Waals surface area contributed by atoms with Gasteiger partial charge in [-0.1, -0.05) is 23.2 Å². The van der Waals surface area contributed by atoms with E-state index in [-0.39, 0.29) is 5.78 Å². The van der Waals surface area contributed by atoms with Crippen molar-refractivity contribution in [1.29, 1.82) is 0 Å². The predicted molar refractivity (Wildman–Crippen MR) is 76.9 cm³/mol. The van der Waals surface area contributed by atoms with Crippen molar-refractivity contribution in [3.8, 4) is 0 Å². The van der Waals surface area contributed by atoms with Crippen LogP contribution in [0.1, 0.15) is 15.2 Å². The maximum atomic E-state index is 12.1. The van der Waals surface area contributed by atoms with Crippen molar-refractivity contribution in [2.24, 2.45) is 0 Å². The Hall–Kier alpha value is -0.100. The summed E-state index contributed by atoms with van der Waals surface area (Å²) in [6, 6.07) is 6.96. The lowest BCUT2D eigenvalue weighted by Gasteiger charge is -2.01. The quantitative estimate of drug-likeness (QED) is 0.533. The molecule has 0 aliphatic carbocycles. The Morgan fingerprint density at radius 2 is 1.94 bits per heavy atom. The van der Waals surface area contributed by atoms with Gasteiger partial charge in [0.15, 0.2) is 0 Å². The molecule has 82 valence electrons. The number of carbonyl (C=O) groups excluding carboxylic acids is 1. The molecule has 0 saturated heterocycles. The van der Waals surface area contributed by atoms with Gasteiger partial charge in [-0.25, -0.2) is 0 Å². The largest absolute Gasteiger partial charge is 0.288 e. The monoisotopic (exact) mass is 382 g/mol. The summed E-state index contributed by atoms with van der Waals surface area (Å²) in [6.45, 7) is 0. The van der Waals surface area contributed by atoms with Crippen molar-refractivity contribution in [3.63, 3.8) is 0 Å². The molecule has 5 heteroatoms. The fourth-order valence-corrected chi connectivity index (χ4v) is 2.84. The minimum atomic E-state index is -0.0849. The van der Waals surface area contributed by atoms with E-state index in [4.69, 9.17) is 23.2 Å². The number of thiophene rings is 1. The van der Waals surface area contributed by atoms with Crippen molar-refractivity contribution in [2.75, 3.05) is 0 Å². The van der Waals surface area contributed by atoms with Crippen LogP contribution in [0.3, 0.4) is 0 Å². The SMILES string of the molecule is O=C(c1ccc(I)c(Cl)c1)c1sccc1Cl. The molecule has 0 aliphatic heterocycles. The van der Waals surface area contributed by atoms with Gasteiger partial charge in [-0.15, -0.1) is 11.3 Å². The molecule has 1 heterocycles. The summed E-state index contributed by atoms with van der Waals surface area (Å²) in [6.07, 6.45) is 0. The highest BCUT2D eigenvalue weighted by Crippen LogP contribution is 2.27. The van der Waals surface area contributed by atoms with E-state index in [1.165, 1.54) is 11.3 Å². The number of rotatable bonds is 2. The summed E-state index contributed by atoms with van der Waals surface area (Å²) < 4.78 is 0.924. The molecule has 0 spiro atoms. The number of carbonyl (C=O) groups is 1. The third kappa shape index (κ3) is 2.42. The maximum absolute atomic E-state index is 12.1. The molecule has 0 unspecified atom stereocenters. The fraction of sp³-hybridized carbons (Fsp3) is 0. The van der Waals surface area contributed by atoms with Crippen LogP contribution in [0.15, 0.2) is 29.6 Å². The molecule has 0 N–H and O–H groups in total. The van der Waals surface area contributed by atoms with Gasteiger partial charge in [0.1, 0.15) is 0 Å². The van der Waals surface area contributed by atoms with E-state index in [0.29, 0.717) is 20.5 Å². The molecule has 0 atom stereocenters. The lowest BCUT2D eigenvalue weighted by Crippen LogP contribution is -1.99. The lowest BCUT2D eigenvalue weighted by molar-refractivity contribution is 0.104. The highest BCUT2D eigenvalue weighted by atomic mass is 127. The topological polar surface area (TPSA) is 17.1 Å². The molecule has 2 rings (SSSR count). The lowest BCUT2D eigenvalue weighted by atomic mass is 10.1. The van der Waals surface area contributed by atoms with Crippen LogP contribution < -0.4 is 0 Å². The Labute approximate surface area is 121 Å². The first-order valence-electron chi connectivity index (χ1n) is 4.32. The van der Waals surface area contributed by atoms with Gasteiger partial charge in [-0.3, -0.25) is 4.79 Å². The highest BCUT2D eigenvalue weighted by molar-refractivity contribution is 14.1. The molecule has 16 heavy (non-hydrogen) atoms. The second-order valence-corrected chi connectivity index (χ2v) is 5.95. The van der Waals surface area contributed by atoms with Gasteiger partial charge in [0, 0.05) is 9.13 Å². The van der Waals surface area contributed by atoms with Gasteiger partial charge in [0.2, 0.25) is 5.78 Å². The van der Waals surface area contributed by atoms with Crippen LogP contribution in [0.5, 0.6) is 0 Å². The molecule has 2 aromatic rings. The van der Waals surface area contributed by atoms with E-state index >= 15 is 0 Å². The Bertz CT molecular complexity index is 551. The van der Waals surface area contributed by atoms with Crippen LogP contribution >= 0.6 is 57.1 Å². The van der Waals surface area contributed by atoms with Gasteiger partial charge in [0.05, 0.1) is 14.9 Å². The molecule has 0 radical (unpaired) electrons. The van der Waals surface area contributed by atoms with Crippen LogP contribution in [0.25, 0.3) is 0 Å². The predicted octanol–water partition coefficient (Wildman–Crippen LogP) is 4.89. The van der Waals surface area contributed by atoms with Crippen LogP contribution in [0.2, 0.25) is 10.0 Å². The van der Waals surface area contributed by atoms with Crippen LogP contribution in [0.4, 0.5) is 0 Å². The Kier molecular flexibility index (Phi) is 3.89. The number of hydrogen-bond donors (Lipinski definition) is 0. The number of ketones is 1. The summed E-state index contributed by atoms with van der Waals surface area (Å²) in [5.41, 5.74) is 0.565. The molecule has 0 bridgehead atoms. The number of hydrogen-bond acceptors (Lipinski definition) is 2. The minimum Gasteiger partial charge on any atom is -0.288 e. The van der Waals surface area contributed by atoms with E-state index in [0.717, 1.165) is 3.57 Å². The zero-order valence-corrected chi connectivity index (χ0v) is 12.3.